The van der Waals surface area contributed by atoms with E-state index in [1.54, 1.807) is 14.2 Å². The third-order valence-corrected chi connectivity index (χ3v) is 4.10. The Morgan fingerprint density at radius 3 is 2.15 bits per heavy atom. The minimum Gasteiger partial charge on any atom is -0.497 e. The standard InChI is InChI=1S/C19H20N4O3/c1-25-15-8-13(9-16(10-15)26-2)7-12-3-5-14(6-4-12)17-11-22-23(18(17)20)19(21)24/h3-6,8-11H,7,20H2,1-2H3,(H2,21,24). The van der Waals surface area contributed by atoms with E-state index < -0.39 is 6.03 Å². The van der Waals surface area contributed by atoms with E-state index in [9.17, 15) is 4.79 Å². The van der Waals surface area contributed by atoms with Crippen LogP contribution in [0.2, 0.25) is 0 Å². The number of nitrogens with zero attached hydrogens (tertiary/aromatic N) is 2. The van der Waals surface area contributed by atoms with E-state index in [2.05, 4.69) is 5.10 Å². The van der Waals surface area contributed by atoms with Gasteiger partial charge < -0.3 is 20.9 Å². The first-order chi connectivity index (χ1) is 12.5. The number of nitrogens with two attached hydrogens (primary N) is 2. The van der Waals surface area contributed by atoms with Crippen molar-refractivity contribution in [1.82, 2.24) is 9.78 Å². The molecular formula is C19H20N4O3. The molecule has 1 aromatic heterocycles. The second kappa shape index (κ2) is 7.18. The highest BCUT2D eigenvalue weighted by molar-refractivity contribution is 5.83. The van der Waals surface area contributed by atoms with E-state index in [-0.39, 0.29) is 5.82 Å². The highest BCUT2D eigenvalue weighted by Gasteiger charge is 2.12. The Bertz CT molecular complexity index is 910. The molecule has 3 rings (SSSR count). The topological polar surface area (TPSA) is 105 Å². The van der Waals surface area contributed by atoms with Crippen molar-refractivity contribution in [3.63, 3.8) is 0 Å². The predicted molar refractivity (Wildman–Crippen MR) is 99.4 cm³/mol. The quantitative estimate of drug-likeness (QED) is 0.734. The predicted octanol–water partition coefficient (Wildman–Crippen LogP) is 2.67. The molecule has 0 atom stereocenters. The third-order valence-electron chi connectivity index (χ3n) is 4.10. The highest BCUT2D eigenvalue weighted by atomic mass is 16.5. The summed E-state index contributed by atoms with van der Waals surface area (Å²) in [5.74, 6) is 1.73. The number of hydrogen-bond acceptors (Lipinski definition) is 5. The molecule has 0 aliphatic carbocycles. The third kappa shape index (κ3) is 3.46. The lowest BCUT2D eigenvalue weighted by Gasteiger charge is -2.09. The van der Waals surface area contributed by atoms with Gasteiger partial charge in [-0.3, -0.25) is 0 Å². The number of hydrogen-bond donors (Lipinski definition) is 2. The zero-order chi connectivity index (χ0) is 18.7. The van der Waals surface area contributed by atoms with Crippen LogP contribution in [0.4, 0.5) is 10.6 Å². The van der Waals surface area contributed by atoms with E-state index in [4.69, 9.17) is 20.9 Å². The fourth-order valence-corrected chi connectivity index (χ4v) is 2.76. The van der Waals surface area contributed by atoms with Crippen molar-refractivity contribution in [3.05, 3.63) is 59.8 Å². The molecule has 1 heterocycles. The van der Waals surface area contributed by atoms with Gasteiger partial charge in [0.1, 0.15) is 17.3 Å². The number of ether oxygens (including phenoxy) is 2. The van der Waals surface area contributed by atoms with Crippen LogP contribution in [0.5, 0.6) is 11.5 Å². The van der Waals surface area contributed by atoms with Crippen LogP contribution in [-0.4, -0.2) is 30.0 Å². The summed E-state index contributed by atoms with van der Waals surface area (Å²) in [4.78, 5) is 11.3. The summed E-state index contributed by atoms with van der Waals surface area (Å²) in [5, 5.41) is 3.91. The van der Waals surface area contributed by atoms with Crippen LogP contribution in [0.15, 0.2) is 48.7 Å². The zero-order valence-electron chi connectivity index (χ0n) is 14.6. The Morgan fingerprint density at radius 2 is 1.65 bits per heavy atom. The molecule has 2 aromatic carbocycles. The summed E-state index contributed by atoms with van der Waals surface area (Å²) in [6.45, 7) is 0. The van der Waals surface area contributed by atoms with Gasteiger partial charge in [0.15, 0.2) is 0 Å². The van der Waals surface area contributed by atoms with Crippen LogP contribution in [0.25, 0.3) is 11.1 Å². The summed E-state index contributed by atoms with van der Waals surface area (Å²) in [6.07, 6.45) is 2.26. The molecule has 4 N–H and O–H groups in total. The maximum atomic E-state index is 11.3. The van der Waals surface area contributed by atoms with Gasteiger partial charge in [0.25, 0.3) is 0 Å². The molecule has 0 unspecified atom stereocenters. The summed E-state index contributed by atoms with van der Waals surface area (Å²) < 4.78 is 11.6. The lowest BCUT2D eigenvalue weighted by Crippen LogP contribution is -2.22. The van der Waals surface area contributed by atoms with Crippen LogP contribution >= 0.6 is 0 Å². The number of carbonyl (C=O) groups is 1. The van der Waals surface area contributed by atoms with Gasteiger partial charge in [0.2, 0.25) is 0 Å². The van der Waals surface area contributed by atoms with Crippen molar-refractivity contribution in [1.29, 1.82) is 0 Å². The molecule has 0 saturated heterocycles. The molecule has 0 bridgehead atoms. The van der Waals surface area contributed by atoms with Crippen LogP contribution in [0.3, 0.4) is 0 Å². The molecule has 3 aromatic rings. The average Bonchev–Trinajstić information content (AvgIpc) is 3.03. The van der Waals surface area contributed by atoms with Crippen LogP contribution < -0.4 is 20.9 Å². The van der Waals surface area contributed by atoms with Crippen LogP contribution in [-0.2, 0) is 6.42 Å². The molecule has 0 radical (unpaired) electrons. The summed E-state index contributed by atoms with van der Waals surface area (Å²) in [7, 11) is 3.26. The molecule has 0 spiro atoms. The van der Waals surface area contributed by atoms with Crippen molar-refractivity contribution in [3.8, 4) is 22.6 Å². The molecule has 0 saturated carbocycles. The molecule has 134 valence electrons. The van der Waals surface area contributed by atoms with E-state index in [0.29, 0.717) is 5.56 Å². The molecule has 1 amide bonds. The van der Waals surface area contributed by atoms with Gasteiger partial charge in [0.05, 0.1) is 20.4 Å². The lowest BCUT2D eigenvalue weighted by atomic mass is 10.0. The average molecular weight is 352 g/mol. The first-order valence-electron chi connectivity index (χ1n) is 7.96. The fourth-order valence-electron chi connectivity index (χ4n) is 2.76. The lowest BCUT2D eigenvalue weighted by molar-refractivity contribution is 0.248. The molecular weight excluding hydrogens is 332 g/mol. The van der Waals surface area contributed by atoms with E-state index in [1.165, 1.54) is 6.20 Å². The zero-order valence-corrected chi connectivity index (χ0v) is 14.6. The number of primary amides is 1. The summed E-state index contributed by atoms with van der Waals surface area (Å²) in [6, 6.07) is 13.0. The maximum absolute atomic E-state index is 11.3. The summed E-state index contributed by atoms with van der Waals surface area (Å²) in [5.41, 5.74) is 14.9. The Hall–Kier alpha value is -3.48. The number of rotatable bonds is 5. The Labute approximate surface area is 151 Å². The molecule has 26 heavy (non-hydrogen) atoms. The first kappa shape index (κ1) is 17.3. The Kier molecular flexibility index (Phi) is 4.79. The summed E-state index contributed by atoms with van der Waals surface area (Å²) >= 11 is 0. The van der Waals surface area contributed by atoms with Crippen molar-refractivity contribution >= 4 is 11.8 Å². The number of benzene rings is 2. The van der Waals surface area contributed by atoms with Crippen molar-refractivity contribution in [2.75, 3.05) is 20.0 Å². The number of anilines is 1. The van der Waals surface area contributed by atoms with Gasteiger partial charge in [0, 0.05) is 11.6 Å². The van der Waals surface area contributed by atoms with Crippen molar-refractivity contribution < 1.29 is 14.3 Å². The van der Waals surface area contributed by atoms with Gasteiger partial charge in [-0.2, -0.15) is 9.78 Å². The van der Waals surface area contributed by atoms with E-state index in [0.717, 1.165) is 39.3 Å². The second-order valence-corrected chi connectivity index (χ2v) is 5.79. The number of aromatic nitrogens is 2. The molecule has 7 nitrogen and oxygen atoms in total. The molecule has 0 fully saturated rings. The fraction of sp³-hybridized carbons (Fsp3) is 0.158. The molecule has 0 aliphatic rings. The van der Waals surface area contributed by atoms with Gasteiger partial charge in [-0.25, -0.2) is 4.79 Å². The minimum absolute atomic E-state index is 0.225. The minimum atomic E-state index is -0.711. The van der Waals surface area contributed by atoms with Gasteiger partial charge in [-0.15, -0.1) is 0 Å². The number of nitrogen functional groups attached to an aromatic ring is 1. The number of carbonyl (C=O) groups excluding carboxylic acids is 1. The molecule has 0 aliphatic heterocycles. The van der Waals surface area contributed by atoms with E-state index >= 15 is 0 Å². The van der Waals surface area contributed by atoms with Crippen LogP contribution in [0, 0.1) is 0 Å². The van der Waals surface area contributed by atoms with Gasteiger partial charge in [-0.05, 0) is 35.2 Å². The SMILES string of the molecule is COc1cc(Cc2ccc(-c3cnn(C(N)=O)c3N)cc2)cc(OC)c1. The largest absolute Gasteiger partial charge is 0.497 e. The van der Waals surface area contributed by atoms with Gasteiger partial charge >= 0.3 is 6.03 Å². The van der Waals surface area contributed by atoms with Crippen LogP contribution in [0.1, 0.15) is 11.1 Å². The Morgan fingerprint density at radius 1 is 1.04 bits per heavy atom. The molecule has 7 heteroatoms. The monoisotopic (exact) mass is 352 g/mol. The van der Waals surface area contributed by atoms with Gasteiger partial charge in [-0.1, -0.05) is 24.3 Å². The second-order valence-electron chi connectivity index (χ2n) is 5.79. The highest BCUT2D eigenvalue weighted by Crippen LogP contribution is 2.27. The first-order valence-corrected chi connectivity index (χ1v) is 7.96. The number of amides is 1. The normalized spacial score (nSPS) is 10.5. The number of methoxy groups -OCH3 is 2. The smallest absolute Gasteiger partial charge is 0.341 e. The van der Waals surface area contributed by atoms with Crippen molar-refractivity contribution in [2.24, 2.45) is 5.73 Å². The maximum Gasteiger partial charge on any atom is 0.341 e. The van der Waals surface area contributed by atoms with Crippen molar-refractivity contribution in [2.45, 2.75) is 6.42 Å². The Balaban J connectivity index is 1.83. The van der Waals surface area contributed by atoms with E-state index in [1.807, 2.05) is 42.5 Å².